The molecule has 2 N–H and O–H groups in total. The van der Waals surface area contributed by atoms with Gasteiger partial charge in [-0.3, -0.25) is 4.79 Å². The number of ether oxygens (including phenoxy) is 2. The van der Waals surface area contributed by atoms with Crippen LogP contribution in [0, 0.1) is 12.8 Å². The fourth-order valence-corrected chi connectivity index (χ4v) is 4.00. The molecule has 0 bridgehead atoms. The first-order chi connectivity index (χ1) is 13.7. The van der Waals surface area contributed by atoms with Crippen molar-refractivity contribution in [3.8, 4) is 11.5 Å². The minimum Gasteiger partial charge on any atom is -0.493 e. The summed E-state index contributed by atoms with van der Waals surface area (Å²) in [5.74, 6) is 0.661. The van der Waals surface area contributed by atoms with E-state index < -0.39 is 22.0 Å². The highest BCUT2D eigenvalue weighted by atomic mass is 32.2. The van der Waals surface area contributed by atoms with Gasteiger partial charge in [-0.15, -0.1) is 0 Å². The Morgan fingerprint density at radius 1 is 1.00 bits per heavy atom. The Kier molecular flexibility index (Phi) is 7.64. The molecule has 2 aromatic rings. The molecular weight excluding hydrogens is 392 g/mol. The molecule has 0 fully saturated rings. The van der Waals surface area contributed by atoms with Crippen molar-refractivity contribution < 1.29 is 22.7 Å². The molecule has 0 saturated heterocycles. The van der Waals surface area contributed by atoms with Crippen molar-refractivity contribution in [3.63, 3.8) is 0 Å². The number of methoxy groups -OCH3 is 2. The van der Waals surface area contributed by atoms with Crippen molar-refractivity contribution >= 4 is 21.6 Å². The molecule has 2 rings (SSSR count). The van der Waals surface area contributed by atoms with Crippen LogP contribution in [0.3, 0.4) is 0 Å². The van der Waals surface area contributed by atoms with E-state index in [0.29, 0.717) is 23.6 Å². The van der Waals surface area contributed by atoms with Gasteiger partial charge in [0.1, 0.15) is 6.04 Å². The lowest BCUT2D eigenvalue weighted by Gasteiger charge is -2.20. The maximum absolute atomic E-state index is 12.9. The molecule has 158 valence electrons. The molecule has 8 heteroatoms. The van der Waals surface area contributed by atoms with Crippen LogP contribution in [-0.2, 0) is 14.8 Å². The molecule has 0 aliphatic heterocycles. The number of nitrogens with one attached hydrogen (secondary N) is 2. The Bertz CT molecular complexity index is 940. The van der Waals surface area contributed by atoms with Gasteiger partial charge in [-0.1, -0.05) is 31.5 Å². The van der Waals surface area contributed by atoms with E-state index in [9.17, 15) is 13.2 Å². The number of rotatable bonds is 9. The number of aryl methyl sites for hydroxylation is 1. The maximum Gasteiger partial charge on any atom is 0.242 e. The summed E-state index contributed by atoms with van der Waals surface area (Å²) in [4.78, 5) is 13.0. The highest BCUT2D eigenvalue weighted by Gasteiger charge is 2.27. The van der Waals surface area contributed by atoms with Crippen LogP contribution in [0.15, 0.2) is 47.4 Å². The number of carbonyl (C=O) groups is 1. The summed E-state index contributed by atoms with van der Waals surface area (Å²) in [6.45, 7) is 5.73. The number of carbonyl (C=O) groups excluding carboxylic acids is 1. The van der Waals surface area contributed by atoms with Gasteiger partial charge in [0, 0.05) is 11.8 Å². The largest absolute Gasteiger partial charge is 0.493 e. The molecule has 1 atom stereocenters. The molecule has 29 heavy (non-hydrogen) atoms. The number of sulfonamides is 1. The maximum atomic E-state index is 12.9. The third-order valence-corrected chi connectivity index (χ3v) is 5.79. The summed E-state index contributed by atoms with van der Waals surface area (Å²) in [6.07, 6.45) is 0.351. The van der Waals surface area contributed by atoms with Gasteiger partial charge in [-0.05, 0) is 43.5 Å². The van der Waals surface area contributed by atoms with E-state index in [1.807, 2.05) is 20.8 Å². The summed E-state index contributed by atoms with van der Waals surface area (Å²) < 4.78 is 38.5. The number of anilines is 1. The van der Waals surface area contributed by atoms with Crippen LogP contribution in [0.1, 0.15) is 25.8 Å². The first-order valence-corrected chi connectivity index (χ1v) is 10.8. The first kappa shape index (κ1) is 22.7. The van der Waals surface area contributed by atoms with Gasteiger partial charge in [-0.2, -0.15) is 4.72 Å². The molecule has 0 aromatic heterocycles. The van der Waals surface area contributed by atoms with Crippen molar-refractivity contribution in [1.82, 2.24) is 4.72 Å². The molecule has 1 amide bonds. The van der Waals surface area contributed by atoms with Gasteiger partial charge in [0.25, 0.3) is 0 Å². The molecular formula is C21H28N2O5S. The van der Waals surface area contributed by atoms with Crippen molar-refractivity contribution in [2.75, 3.05) is 19.5 Å². The molecule has 0 aliphatic carbocycles. The Balaban J connectivity index is 2.23. The second-order valence-corrected chi connectivity index (χ2v) is 8.89. The zero-order valence-corrected chi connectivity index (χ0v) is 18.2. The Morgan fingerprint density at radius 3 is 2.17 bits per heavy atom. The normalized spacial score (nSPS) is 12.5. The molecule has 0 heterocycles. The molecule has 2 aromatic carbocycles. The van der Waals surface area contributed by atoms with E-state index in [1.54, 1.807) is 30.3 Å². The van der Waals surface area contributed by atoms with Crippen LogP contribution in [0.5, 0.6) is 11.5 Å². The van der Waals surface area contributed by atoms with Crippen LogP contribution in [0.2, 0.25) is 0 Å². The van der Waals surface area contributed by atoms with E-state index in [0.717, 1.165) is 5.56 Å². The van der Waals surface area contributed by atoms with E-state index in [2.05, 4.69) is 10.0 Å². The molecule has 0 radical (unpaired) electrons. The van der Waals surface area contributed by atoms with Crippen LogP contribution in [0.25, 0.3) is 0 Å². The molecule has 0 saturated carbocycles. The van der Waals surface area contributed by atoms with E-state index >= 15 is 0 Å². The number of benzene rings is 2. The Morgan fingerprint density at radius 2 is 1.62 bits per heavy atom. The average Bonchev–Trinajstić information content (AvgIpc) is 2.67. The first-order valence-electron chi connectivity index (χ1n) is 9.28. The summed E-state index contributed by atoms with van der Waals surface area (Å²) in [6, 6.07) is 10.5. The third-order valence-electron chi connectivity index (χ3n) is 4.30. The van der Waals surface area contributed by atoms with Gasteiger partial charge in [0.2, 0.25) is 15.9 Å². The van der Waals surface area contributed by atoms with Gasteiger partial charge >= 0.3 is 0 Å². The quantitative estimate of drug-likeness (QED) is 0.649. The molecule has 0 spiro atoms. The van der Waals surface area contributed by atoms with Crippen molar-refractivity contribution in [2.24, 2.45) is 5.92 Å². The van der Waals surface area contributed by atoms with Crippen molar-refractivity contribution in [1.29, 1.82) is 0 Å². The van der Waals surface area contributed by atoms with Crippen molar-refractivity contribution in [3.05, 3.63) is 48.0 Å². The van der Waals surface area contributed by atoms with E-state index in [-0.39, 0.29) is 10.8 Å². The van der Waals surface area contributed by atoms with Crippen molar-refractivity contribution in [2.45, 2.75) is 38.1 Å². The second kappa shape index (κ2) is 9.76. The van der Waals surface area contributed by atoms with E-state index in [1.165, 1.54) is 26.4 Å². The minimum atomic E-state index is -3.84. The zero-order chi connectivity index (χ0) is 21.6. The highest BCUT2D eigenvalue weighted by Crippen LogP contribution is 2.30. The Hall–Kier alpha value is -2.58. The number of amides is 1. The third kappa shape index (κ3) is 6.20. The fraction of sp³-hybridized carbons (Fsp3) is 0.381. The summed E-state index contributed by atoms with van der Waals surface area (Å²) in [5.41, 5.74) is 1.44. The molecule has 7 nitrogen and oxygen atoms in total. The average molecular weight is 421 g/mol. The Labute approximate surface area is 172 Å². The lowest BCUT2D eigenvalue weighted by atomic mass is 10.0. The van der Waals surface area contributed by atoms with Crippen LogP contribution < -0.4 is 19.5 Å². The van der Waals surface area contributed by atoms with Gasteiger partial charge in [-0.25, -0.2) is 8.42 Å². The lowest BCUT2D eigenvalue weighted by molar-refractivity contribution is -0.118. The van der Waals surface area contributed by atoms with Crippen LogP contribution in [0.4, 0.5) is 5.69 Å². The molecule has 0 aliphatic rings. The lowest BCUT2D eigenvalue weighted by Crippen LogP contribution is -2.44. The predicted molar refractivity (Wildman–Crippen MR) is 113 cm³/mol. The predicted octanol–water partition coefficient (Wildman–Crippen LogP) is 3.34. The summed E-state index contributed by atoms with van der Waals surface area (Å²) >= 11 is 0. The highest BCUT2D eigenvalue weighted by molar-refractivity contribution is 7.89. The SMILES string of the molecule is COc1ccc(NC(=O)[C@@H](CC(C)C)NS(=O)(=O)c2ccc(C)cc2)cc1OC. The standard InChI is InChI=1S/C21H28N2O5S/c1-14(2)12-18(23-29(25,26)17-9-6-15(3)7-10-17)21(24)22-16-8-11-19(27-4)20(13-16)28-5/h6-11,13-14,18,23H,12H2,1-5H3,(H,22,24)/t18-/m1/s1. The van der Waals surface area contributed by atoms with E-state index in [4.69, 9.17) is 9.47 Å². The molecule has 0 unspecified atom stereocenters. The smallest absolute Gasteiger partial charge is 0.242 e. The second-order valence-electron chi connectivity index (χ2n) is 7.18. The minimum absolute atomic E-state index is 0.108. The number of hydrogen-bond donors (Lipinski definition) is 2. The van der Waals surface area contributed by atoms with Gasteiger partial charge in [0.15, 0.2) is 11.5 Å². The van der Waals surface area contributed by atoms with Crippen LogP contribution in [-0.4, -0.2) is 34.6 Å². The fourth-order valence-electron chi connectivity index (χ4n) is 2.80. The summed E-state index contributed by atoms with van der Waals surface area (Å²) in [7, 11) is -0.815. The topological polar surface area (TPSA) is 93.7 Å². The summed E-state index contributed by atoms with van der Waals surface area (Å²) in [5, 5.41) is 2.76. The van der Waals surface area contributed by atoms with Gasteiger partial charge in [0.05, 0.1) is 19.1 Å². The number of hydrogen-bond acceptors (Lipinski definition) is 5. The zero-order valence-electron chi connectivity index (χ0n) is 17.4. The monoisotopic (exact) mass is 420 g/mol. The van der Waals surface area contributed by atoms with Gasteiger partial charge < -0.3 is 14.8 Å². The van der Waals surface area contributed by atoms with Crippen LogP contribution >= 0.6 is 0 Å².